The van der Waals surface area contributed by atoms with Crippen LogP contribution in [0.25, 0.3) is 33.4 Å². The number of phenols is 2. The van der Waals surface area contributed by atoms with Gasteiger partial charge in [0, 0.05) is 37.3 Å². The van der Waals surface area contributed by atoms with Gasteiger partial charge in [0.05, 0.1) is 0 Å². The summed E-state index contributed by atoms with van der Waals surface area (Å²) >= 11 is 1.87. The summed E-state index contributed by atoms with van der Waals surface area (Å²) < 4.78 is 0. The second kappa shape index (κ2) is 14.0. The minimum atomic E-state index is -0.0824. The molecule has 0 fully saturated rings. The lowest BCUT2D eigenvalue weighted by atomic mass is 9.97. The van der Waals surface area contributed by atoms with E-state index in [2.05, 4.69) is 48.8 Å². The van der Waals surface area contributed by atoms with Crippen molar-refractivity contribution in [1.29, 1.82) is 0 Å². The first kappa shape index (κ1) is 29.8. The summed E-state index contributed by atoms with van der Waals surface area (Å²) in [5.41, 5.74) is 6.59. The molecular formula is C40H36O2S2. The zero-order valence-electron chi connectivity index (χ0n) is 24.8. The molecule has 6 rings (SSSR count). The second-order valence-corrected chi connectivity index (χ2v) is 14.3. The van der Waals surface area contributed by atoms with Gasteiger partial charge in [0.2, 0.25) is 0 Å². The molecule has 0 bridgehead atoms. The van der Waals surface area contributed by atoms with Gasteiger partial charge < -0.3 is 10.2 Å². The molecule has 2 unspecified atom stereocenters. The van der Waals surface area contributed by atoms with Crippen molar-refractivity contribution in [3.05, 3.63) is 151 Å². The molecule has 0 aliphatic carbocycles. The Morgan fingerprint density at radius 3 is 1.82 bits per heavy atom. The highest BCUT2D eigenvalue weighted by atomic mass is 32.2. The molecule has 0 spiro atoms. The van der Waals surface area contributed by atoms with Gasteiger partial charge in [0.25, 0.3) is 0 Å². The Hall–Kier alpha value is -4.25. The average Bonchev–Trinajstić information content (AvgIpc) is 3.06. The number of rotatable bonds is 10. The zero-order valence-corrected chi connectivity index (χ0v) is 26.4. The number of benzene rings is 5. The first-order valence-electron chi connectivity index (χ1n) is 15.0. The van der Waals surface area contributed by atoms with Gasteiger partial charge in [-0.05, 0) is 52.8 Å². The minimum absolute atomic E-state index is 0.0824. The van der Waals surface area contributed by atoms with Gasteiger partial charge >= 0.3 is 0 Å². The molecule has 4 heteroatoms. The topological polar surface area (TPSA) is 40.5 Å². The summed E-state index contributed by atoms with van der Waals surface area (Å²) in [6.07, 6.45) is 8.52. The molecule has 2 nitrogen and oxygen atoms in total. The second-order valence-electron chi connectivity index (χ2n) is 10.9. The van der Waals surface area contributed by atoms with Crippen LogP contribution in [0.4, 0.5) is 0 Å². The van der Waals surface area contributed by atoms with Gasteiger partial charge in [-0.25, -0.2) is 0 Å². The number of allylic oxidation sites excluding steroid dienone is 3. The van der Waals surface area contributed by atoms with Crippen molar-refractivity contribution >= 4 is 27.1 Å². The maximum Gasteiger partial charge on any atom is 0.131 e. The summed E-state index contributed by atoms with van der Waals surface area (Å²) in [4.78, 5) is 2.38. The predicted molar refractivity (Wildman–Crippen MR) is 192 cm³/mol. The van der Waals surface area contributed by atoms with Crippen LogP contribution in [0.3, 0.4) is 0 Å². The molecule has 0 amide bonds. The van der Waals surface area contributed by atoms with E-state index in [1.165, 1.54) is 9.76 Å². The molecule has 0 saturated carbocycles. The van der Waals surface area contributed by atoms with E-state index in [4.69, 9.17) is 0 Å². The highest BCUT2D eigenvalue weighted by Gasteiger charge is 2.17. The van der Waals surface area contributed by atoms with Gasteiger partial charge in [-0.3, -0.25) is 0 Å². The summed E-state index contributed by atoms with van der Waals surface area (Å²) in [6, 6.07) is 40.6. The van der Waals surface area contributed by atoms with E-state index in [1.54, 1.807) is 0 Å². The molecule has 1 aliphatic heterocycles. The summed E-state index contributed by atoms with van der Waals surface area (Å²) in [5, 5.41) is 25.3. The summed E-state index contributed by atoms with van der Waals surface area (Å²) in [7, 11) is -0.0824. The molecule has 220 valence electrons. The third-order valence-corrected chi connectivity index (χ3v) is 11.3. The molecule has 0 saturated heterocycles. The molecule has 5 aromatic carbocycles. The Labute approximate surface area is 267 Å². The fourth-order valence-electron chi connectivity index (χ4n) is 5.65. The van der Waals surface area contributed by atoms with Crippen molar-refractivity contribution in [2.75, 3.05) is 5.75 Å². The van der Waals surface area contributed by atoms with Crippen LogP contribution >= 0.6 is 22.2 Å². The molecule has 2 N–H and O–H groups in total. The van der Waals surface area contributed by atoms with Crippen LogP contribution in [-0.4, -0.2) is 26.1 Å². The van der Waals surface area contributed by atoms with E-state index in [0.29, 0.717) is 16.7 Å². The number of hydrogen-bond acceptors (Lipinski definition) is 3. The molecule has 5 aromatic rings. The number of hydrogen-bond donors (Lipinski definition) is 2. The van der Waals surface area contributed by atoms with Crippen LogP contribution in [-0.2, 0) is 0 Å². The minimum Gasteiger partial charge on any atom is -0.507 e. The van der Waals surface area contributed by atoms with Crippen molar-refractivity contribution in [3.8, 4) is 44.9 Å². The zero-order chi connectivity index (χ0) is 30.3. The number of phenolic OH excluding ortho intramolecular Hbond substituents is 2. The quantitative estimate of drug-likeness (QED) is 0.122. The van der Waals surface area contributed by atoms with Crippen LogP contribution in [0.2, 0.25) is 0 Å². The van der Waals surface area contributed by atoms with Crippen molar-refractivity contribution in [2.24, 2.45) is 0 Å². The maximum absolute atomic E-state index is 11.3. The van der Waals surface area contributed by atoms with Crippen molar-refractivity contribution in [3.63, 3.8) is 0 Å². The van der Waals surface area contributed by atoms with Crippen LogP contribution < -0.4 is 0 Å². The smallest absolute Gasteiger partial charge is 0.131 e. The van der Waals surface area contributed by atoms with E-state index in [0.717, 1.165) is 57.5 Å². The first-order chi connectivity index (χ1) is 21.6. The van der Waals surface area contributed by atoms with Gasteiger partial charge in [0.1, 0.15) is 11.5 Å². The van der Waals surface area contributed by atoms with Crippen LogP contribution in [0.15, 0.2) is 150 Å². The molecule has 44 heavy (non-hydrogen) atoms. The standard InChI is InChI=1S/C40H36O2S2/c1-29(43-37-25-9-8-20-34(37)35-23-12-21-32(39(35)41)30-16-4-2-5-17-30)15-14-28-44-27-11-10-26-38(44)36-24-13-22-33(40(36)42)31-18-6-3-7-19-31/h2-13,16-27,29,41-42H,14-15,28H2,1H3. The Kier molecular flexibility index (Phi) is 9.50. The largest absolute Gasteiger partial charge is 0.507 e. The third kappa shape index (κ3) is 6.62. The molecule has 1 aliphatic rings. The van der Waals surface area contributed by atoms with Crippen molar-refractivity contribution < 1.29 is 10.2 Å². The predicted octanol–water partition coefficient (Wildman–Crippen LogP) is 10.9. The maximum atomic E-state index is 11.3. The highest BCUT2D eigenvalue weighted by molar-refractivity contribution is 8.19. The molecule has 1 heterocycles. The normalized spacial score (nSPS) is 14.9. The third-order valence-electron chi connectivity index (χ3n) is 7.87. The SMILES string of the molecule is CC(CCCS1=C(c2cccc(-c3ccccc3)c2O)C=CC=C1)Sc1ccccc1-c1cccc(-c2ccccc2)c1O. The van der Waals surface area contributed by atoms with Gasteiger partial charge in [-0.1, -0.05) is 134 Å². The monoisotopic (exact) mass is 612 g/mol. The van der Waals surface area contributed by atoms with Crippen molar-refractivity contribution in [1.82, 2.24) is 0 Å². The summed E-state index contributed by atoms with van der Waals surface area (Å²) in [5.74, 6) is 1.71. The lowest BCUT2D eigenvalue weighted by Crippen LogP contribution is -2.04. The molecular weight excluding hydrogens is 577 g/mol. The van der Waals surface area contributed by atoms with E-state index in [9.17, 15) is 10.2 Å². The van der Waals surface area contributed by atoms with Gasteiger partial charge in [0.15, 0.2) is 0 Å². The molecule has 0 radical (unpaired) electrons. The number of para-hydroxylation sites is 2. The number of thioether (sulfide) groups is 1. The van der Waals surface area contributed by atoms with Crippen LogP contribution in [0, 0.1) is 0 Å². The Bertz CT molecular complexity index is 1840. The van der Waals surface area contributed by atoms with Gasteiger partial charge in [-0.2, -0.15) is 10.5 Å². The van der Waals surface area contributed by atoms with E-state index >= 15 is 0 Å². The van der Waals surface area contributed by atoms with E-state index < -0.39 is 0 Å². The fourth-order valence-corrected chi connectivity index (χ4v) is 8.79. The van der Waals surface area contributed by atoms with E-state index in [1.807, 2.05) is 115 Å². The number of aromatic hydroxyl groups is 2. The molecule has 0 aromatic heterocycles. The Morgan fingerprint density at radius 1 is 0.591 bits per heavy atom. The van der Waals surface area contributed by atoms with E-state index in [-0.39, 0.29) is 10.5 Å². The average molecular weight is 613 g/mol. The molecule has 2 atom stereocenters. The summed E-state index contributed by atoms with van der Waals surface area (Å²) in [6.45, 7) is 2.29. The Morgan fingerprint density at radius 2 is 1.14 bits per heavy atom. The lowest BCUT2D eigenvalue weighted by molar-refractivity contribution is 0.476. The highest BCUT2D eigenvalue weighted by Crippen LogP contribution is 2.43. The first-order valence-corrected chi connectivity index (χ1v) is 17.4. The van der Waals surface area contributed by atoms with Gasteiger partial charge in [-0.15, -0.1) is 11.8 Å². The van der Waals surface area contributed by atoms with Crippen LogP contribution in [0.5, 0.6) is 11.5 Å². The van der Waals surface area contributed by atoms with Crippen molar-refractivity contribution in [2.45, 2.75) is 29.9 Å². The fraction of sp³-hybridized carbons (Fsp3) is 0.125. The van der Waals surface area contributed by atoms with Crippen LogP contribution in [0.1, 0.15) is 25.3 Å². The lowest BCUT2D eigenvalue weighted by Gasteiger charge is -2.19. The Balaban J connectivity index is 1.17.